The van der Waals surface area contributed by atoms with E-state index < -0.39 is 0 Å². The molecule has 0 aliphatic carbocycles. The molecule has 1 N–H and O–H groups in total. The number of nitrogens with one attached hydrogen (secondary N) is 1. The first kappa shape index (κ1) is 13.8. The van der Waals surface area contributed by atoms with Gasteiger partial charge in [-0.2, -0.15) is 0 Å². The first-order chi connectivity index (χ1) is 8.47. The van der Waals surface area contributed by atoms with Crippen molar-refractivity contribution < 1.29 is 4.79 Å². The van der Waals surface area contributed by atoms with Crippen LogP contribution in [0.15, 0.2) is 15.9 Å². The number of carbonyl (C=O) groups is 1. The Morgan fingerprint density at radius 1 is 1.22 bits per heavy atom. The van der Waals surface area contributed by atoms with Crippen LogP contribution in [0.25, 0.3) is 0 Å². The van der Waals surface area contributed by atoms with Gasteiger partial charge in [-0.25, -0.2) is 0 Å². The quantitative estimate of drug-likeness (QED) is 0.877. The highest BCUT2D eigenvalue weighted by Crippen LogP contribution is 2.27. The molecule has 0 spiro atoms. The van der Waals surface area contributed by atoms with Gasteiger partial charge in [0.05, 0.1) is 15.2 Å². The van der Waals surface area contributed by atoms with Crippen LogP contribution in [0, 0.1) is 20.8 Å². The minimum Gasteiger partial charge on any atom is -0.346 e. The highest BCUT2D eigenvalue weighted by molar-refractivity contribution is 9.11. The van der Waals surface area contributed by atoms with Crippen molar-refractivity contribution in [3.63, 3.8) is 0 Å². The molecule has 2 heterocycles. The van der Waals surface area contributed by atoms with Crippen molar-refractivity contribution in [2.24, 2.45) is 0 Å². The van der Waals surface area contributed by atoms with E-state index in [1.54, 1.807) is 11.3 Å². The Morgan fingerprint density at radius 2 is 1.94 bits per heavy atom. The predicted octanol–water partition coefficient (Wildman–Crippen LogP) is 4.43. The van der Waals surface area contributed by atoms with Crippen molar-refractivity contribution >= 4 is 44.5 Å². The molecule has 0 unspecified atom stereocenters. The van der Waals surface area contributed by atoms with Crippen molar-refractivity contribution in [1.82, 2.24) is 5.32 Å². The third-order valence-corrected chi connectivity index (χ3v) is 6.01. The predicted molar refractivity (Wildman–Crippen MR) is 81.7 cm³/mol. The first-order valence-corrected chi connectivity index (χ1v) is 8.00. The van der Waals surface area contributed by atoms with Crippen LogP contribution in [-0.2, 0) is 6.54 Å². The van der Waals surface area contributed by atoms with E-state index in [0.717, 1.165) is 14.2 Å². The van der Waals surface area contributed by atoms with Gasteiger partial charge in [0.25, 0.3) is 5.91 Å². The normalized spacial score (nSPS) is 10.7. The SMILES string of the molecule is Cc1cc(CNC(=O)c2cc(C)c(Br)s2)sc1C. The fourth-order valence-corrected chi connectivity index (χ4v) is 4.01. The Labute approximate surface area is 123 Å². The van der Waals surface area contributed by atoms with E-state index in [9.17, 15) is 4.79 Å². The summed E-state index contributed by atoms with van der Waals surface area (Å²) in [5, 5.41) is 2.96. The standard InChI is InChI=1S/C13H14BrNOS2/c1-7-4-10(17-9(7)3)6-15-13(16)11-5-8(2)12(14)18-11/h4-5H,6H2,1-3H3,(H,15,16). The Hall–Kier alpha value is -0.650. The van der Waals surface area contributed by atoms with E-state index >= 15 is 0 Å². The van der Waals surface area contributed by atoms with E-state index in [4.69, 9.17) is 0 Å². The van der Waals surface area contributed by atoms with Crippen LogP contribution >= 0.6 is 38.6 Å². The molecule has 0 radical (unpaired) electrons. The lowest BCUT2D eigenvalue weighted by Gasteiger charge is -2.00. The molecule has 0 saturated carbocycles. The van der Waals surface area contributed by atoms with Crippen LogP contribution in [0.4, 0.5) is 0 Å². The average molecular weight is 344 g/mol. The van der Waals surface area contributed by atoms with E-state index in [0.29, 0.717) is 6.54 Å². The zero-order valence-corrected chi connectivity index (χ0v) is 13.7. The van der Waals surface area contributed by atoms with Gasteiger partial charge in [0, 0.05) is 9.75 Å². The van der Waals surface area contributed by atoms with Gasteiger partial charge in [0.15, 0.2) is 0 Å². The van der Waals surface area contributed by atoms with Crippen LogP contribution in [0.2, 0.25) is 0 Å². The van der Waals surface area contributed by atoms with E-state index in [1.165, 1.54) is 26.7 Å². The zero-order valence-electron chi connectivity index (χ0n) is 10.5. The smallest absolute Gasteiger partial charge is 0.261 e. The highest BCUT2D eigenvalue weighted by Gasteiger charge is 2.11. The molecule has 0 saturated heterocycles. The molecule has 2 aromatic heterocycles. The Bertz CT molecular complexity index is 547. The molecular weight excluding hydrogens is 330 g/mol. The number of hydrogen-bond acceptors (Lipinski definition) is 3. The van der Waals surface area contributed by atoms with Crippen LogP contribution in [-0.4, -0.2) is 5.91 Å². The minimum absolute atomic E-state index is 0.00231. The molecule has 2 aromatic rings. The van der Waals surface area contributed by atoms with Crippen molar-refractivity contribution in [2.45, 2.75) is 27.3 Å². The van der Waals surface area contributed by atoms with E-state index in [1.807, 2.05) is 13.0 Å². The minimum atomic E-state index is -0.00231. The molecule has 2 rings (SSSR count). The van der Waals surface area contributed by atoms with Crippen LogP contribution in [0.3, 0.4) is 0 Å². The summed E-state index contributed by atoms with van der Waals surface area (Å²) in [5.41, 5.74) is 2.40. The summed E-state index contributed by atoms with van der Waals surface area (Å²) in [4.78, 5) is 15.2. The van der Waals surface area contributed by atoms with Crippen LogP contribution in [0.5, 0.6) is 0 Å². The second-order valence-electron chi connectivity index (χ2n) is 4.20. The van der Waals surface area contributed by atoms with Crippen molar-refractivity contribution in [3.8, 4) is 0 Å². The third-order valence-electron chi connectivity index (χ3n) is 2.72. The molecule has 0 aliphatic heterocycles. The van der Waals surface area contributed by atoms with Crippen molar-refractivity contribution in [3.05, 3.63) is 41.7 Å². The van der Waals surface area contributed by atoms with Gasteiger partial charge in [-0.1, -0.05) is 0 Å². The summed E-state index contributed by atoms with van der Waals surface area (Å²) >= 11 is 6.65. The fraction of sp³-hybridized carbons (Fsp3) is 0.308. The number of hydrogen-bond donors (Lipinski definition) is 1. The van der Waals surface area contributed by atoms with Crippen molar-refractivity contribution in [1.29, 1.82) is 0 Å². The molecule has 5 heteroatoms. The molecule has 0 aliphatic rings. The second kappa shape index (κ2) is 5.55. The number of thiophene rings is 2. The zero-order chi connectivity index (χ0) is 13.3. The monoisotopic (exact) mass is 343 g/mol. The summed E-state index contributed by atoms with van der Waals surface area (Å²) in [5.74, 6) is -0.00231. The summed E-state index contributed by atoms with van der Waals surface area (Å²) in [7, 11) is 0. The second-order valence-corrected chi connectivity index (χ2v) is 7.91. The van der Waals surface area contributed by atoms with Crippen LogP contribution in [0.1, 0.15) is 30.6 Å². The van der Waals surface area contributed by atoms with E-state index in [-0.39, 0.29) is 5.91 Å². The number of rotatable bonds is 3. The molecule has 2 nitrogen and oxygen atoms in total. The molecule has 0 atom stereocenters. The number of carbonyl (C=O) groups excluding carboxylic acids is 1. The molecule has 1 amide bonds. The highest BCUT2D eigenvalue weighted by atomic mass is 79.9. The van der Waals surface area contributed by atoms with Gasteiger partial charge in [0.2, 0.25) is 0 Å². The van der Waals surface area contributed by atoms with E-state index in [2.05, 4.69) is 41.2 Å². The maximum Gasteiger partial charge on any atom is 0.261 e. The van der Waals surface area contributed by atoms with Gasteiger partial charge in [-0.15, -0.1) is 22.7 Å². The molecule has 0 bridgehead atoms. The van der Waals surface area contributed by atoms with Gasteiger partial charge >= 0.3 is 0 Å². The lowest BCUT2D eigenvalue weighted by molar-refractivity contribution is 0.0955. The molecule has 0 fully saturated rings. The Balaban J connectivity index is 2.00. The Morgan fingerprint density at radius 3 is 2.44 bits per heavy atom. The van der Waals surface area contributed by atoms with Gasteiger partial charge in [0.1, 0.15) is 0 Å². The van der Waals surface area contributed by atoms with Crippen LogP contribution < -0.4 is 5.32 Å². The molecule has 0 aromatic carbocycles. The number of amides is 1. The van der Waals surface area contributed by atoms with Gasteiger partial charge in [-0.3, -0.25) is 4.79 Å². The lowest BCUT2D eigenvalue weighted by atomic mass is 10.3. The Kier molecular flexibility index (Phi) is 4.25. The van der Waals surface area contributed by atoms with Gasteiger partial charge in [-0.05, 0) is 60.0 Å². The maximum absolute atomic E-state index is 12.0. The topological polar surface area (TPSA) is 29.1 Å². The largest absolute Gasteiger partial charge is 0.346 e. The summed E-state index contributed by atoms with van der Waals surface area (Å²) < 4.78 is 1.02. The fourth-order valence-electron chi connectivity index (χ4n) is 1.56. The summed E-state index contributed by atoms with van der Waals surface area (Å²) in [6, 6.07) is 4.05. The molecule has 96 valence electrons. The maximum atomic E-state index is 12.0. The average Bonchev–Trinajstić information content (AvgIpc) is 2.81. The molecule has 18 heavy (non-hydrogen) atoms. The first-order valence-electron chi connectivity index (χ1n) is 5.57. The number of halogens is 1. The lowest BCUT2D eigenvalue weighted by Crippen LogP contribution is -2.21. The summed E-state index contributed by atoms with van der Waals surface area (Å²) in [6.45, 7) is 6.79. The van der Waals surface area contributed by atoms with Gasteiger partial charge < -0.3 is 5.32 Å². The van der Waals surface area contributed by atoms with Crippen molar-refractivity contribution in [2.75, 3.05) is 0 Å². The molecular formula is C13H14BrNOS2. The number of aryl methyl sites for hydroxylation is 3. The summed E-state index contributed by atoms with van der Waals surface area (Å²) in [6.07, 6.45) is 0. The third kappa shape index (κ3) is 3.02.